The highest BCUT2D eigenvalue weighted by molar-refractivity contribution is 7.86. The summed E-state index contributed by atoms with van der Waals surface area (Å²) in [6.07, 6.45) is 0.471. The van der Waals surface area contributed by atoms with Gasteiger partial charge in [0.15, 0.2) is 0 Å². The van der Waals surface area contributed by atoms with Crippen molar-refractivity contribution in [3.05, 3.63) is 0 Å². The number of morpholine rings is 1. The minimum atomic E-state index is -4.51. The standard InChI is InChI=1S/C13H23FN2O4S/c1-10-6-15(7-11(2)20-10)3-4-16-8-12(5-13(16)17)9-21(14,18)19/h10-12H,3-9H2,1-2H3/t10-,11+,12?. The summed E-state index contributed by atoms with van der Waals surface area (Å²) in [5.74, 6) is -1.06. The molecule has 2 aliphatic heterocycles. The molecule has 0 spiro atoms. The van der Waals surface area contributed by atoms with Crippen molar-refractivity contribution in [2.45, 2.75) is 32.5 Å². The van der Waals surface area contributed by atoms with Gasteiger partial charge in [-0.15, -0.1) is 3.89 Å². The summed E-state index contributed by atoms with van der Waals surface area (Å²) in [4.78, 5) is 15.7. The fourth-order valence-corrected chi connectivity index (χ4v) is 3.98. The van der Waals surface area contributed by atoms with Crippen molar-refractivity contribution < 1.29 is 21.8 Å². The van der Waals surface area contributed by atoms with Crippen LogP contribution in [0.15, 0.2) is 0 Å². The molecular formula is C13H23FN2O4S. The van der Waals surface area contributed by atoms with Crippen LogP contribution >= 0.6 is 0 Å². The van der Waals surface area contributed by atoms with Gasteiger partial charge in [0.25, 0.3) is 0 Å². The number of nitrogens with zero attached hydrogens (tertiary/aromatic N) is 2. The van der Waals surface area contributed by atoms with Gasteiger partial charge < -0.3 is 9.64 Å². The molecule has 2 aliphatic rings. The Morgan fingerprint density at radius 2 is 1.81 bits per heavy atom. The fourth-order valence-electron chi connectivity index (χ4n) is 3.19. The zero-order valence-electron chi connectivity index (χ0n) is 12.5. The molecule has 2 heterocycles. The highest BCUT2D eigenvalue weighted by Crippen LogP contribution is 2.20. The van der Waals surface area contributed by atoms with Crippen LogP contribution in [0.25, 0.3) is 0 Å². The maximum Gasteiger partial charge on any atom is 0.302 e. The minimum Gasteiger partial charge on any atom is -0.373 e. The summed E-state index contributed by atoms with van der Waals surface area (Å²) in [6.45, 7) is 7.32. The number of halogens is 1. The first-order chi connectivity index (χ1) is 9.73. The van der Waals surface area contributed by atoms with Crippen LogP contribution in [0.5, 0.6) is 0 Å². The molecule has 8 heteroatoms. The number of ether oxygens (including phenoxy) is 1. The van der Waals surface area contributed by atoms with Crippen LogP contribution in [0, 0.1) is 5.92 Å². The van der Waals surface area contributed by atoms with Crippen LogP contribution in [0.1, 0.15) is 20.3 Å². The number of carbonyl (C=O) groups is 1. The number of carbonyl (C=O) groups excluding carboxylic acids is 1. The third kappa shape index (κ3) is 5.19. The molecule has 2 saturated heterocycles. The molecule has 0 aromatic rings. The lowest BCUT2D eigenvalue weighted by atomic mass is 10.1. The molecule has 122 valence electrons. The third-order valence-corrected chi connectivity index (χ3v) is 4.78. The number of rotatable bonds is 5. The predicted molar refractivity (Wildman–Crippen MR) is 76.0 cm³/mol. The smallest absolute Gasteiger partial charge is 0.302 e. The second-order valence-corrected chi connectivity index (χ2v) is 7.54. The van der Waals surface area contributed by atoms with Gasteiger partial charge in [0.2, 0.25) is 5.91 Å². The average Bonchev–Trinajstić information content (AvgIpc) is 2.63. The predicted octanol–water partition coefficient (Wildman–Crippen LogP) is 0.243. The Hall–Kier alpha value is -0.730. The van der Waals surface area contributed by atoms with E-state index >= 15 is 0 Å². The second-order valence-electron chi connectivity index (χ2n) is 6.13. The number of likely N-dealkylation sites (tertiary alicyclic amines) is 1. The Balaban J connectivity index is 1.79. The monoisotopic (exact) mass is 322 g/mol. The van der Waals surface area contributed by atoms with Crippen LogP contribution in [-0.2, 0) is 19.8 Å². The van der Waals surface area contributed by atoms with Gasteiger partial charge in [-0.2, -0.15) is 8.42 Å². The van der Waals surface area contributed by atoms with Crippen molar-refractivity contribution in [2.75, 3.05) is 38.5 Å². The van der Waals surface area contributed by atoms with E-state index in [2.05, 4.69) is 4.90 Å². The van der Waals surface area contributed by atoms with E-state index in [9.17, 15) is 17.1 Å². The average molecular weight is 322 g/mol. The Labute approximate surface area is 125 Å². The first-order valence-corrected chi connectivity index (χ1v) is 8.86. The van der Waals surface area contributed by atoms with Gasteiger partial charge in [-0.1, -0.05) is 0 Å². The van der Waals surface area contributed by atoms with E-state index < -0.39 is 21.9 Å². The fraction of sp³-hybridized carbons (Fsp3) is 0.923. The summed E-state index contributed by atoms with van der Waals surface area (Å²) in [5, 5.41) is 0. The normalized spacial score (nSPS) is 31.9. The van der Waals surface area contributed by atoms with Gasteiger partial charge in [0.1, 0.15) is 0 Å². The molecular weight excluding hydrogens is 299 g/mol. The van der Waals surface area contributed by atoms with Crippen LogP contribution < -0.4 is 0 Å². The lowest BCUT2D eigenvalue weighted by Gasteiger charge is -2.36. The number of amides is 1. The second kappa shape index (κ2) is 6.58. The Bertz CT molecular complexity index is 475. The summed E-state index contributed by atoms with van der Waals surface area (Å²) < 4.78 is 39.6. The number of hydrogen-bond acceptors (Lipinski definition) is 5. The molecule has 0 aromatic heterocycles. The molecule has 0 aromatic carbocycles. The van der Waals surface area contributed by atoms with Gasteiger partial charge >= 0.3 is 10.2 Å². The lowest BCUT2D eigenvalue weighted by molar-refractivity contribution is -0.128. The highest BCUT2D eigenvalue weighted by Gasteiger charge is 2.33. The molecule has 0 bridgehead atoms. The topological polar surface area (TPSA) is 66.9 Å². The summed E-state index contributed by atoms with van der Waals surface area (Å²) in [5.41, 5.74) is 0. The molecule has 0 N–H and O–H groups in total. The first-order valence-electron chi connectivity index (χ1n) is 7.31. The van der Waals surface area contributed by atoms with Crippen molar-refractivity contribution >= 4 is 16.1 Å². The van der Waals surface area contributed by atoms with Crippen LogP contribution in [0.3, 0.4) is 0 Å². The molecule has 21 heavy (non-hydrogen) atoms. The molecule has 0 radical (unpaired) electrons. The highest BCUT2D eigenvalue weighted by atomic mass is 32.3. The maximum absolute atomic E-state index is 12.7. The molecule has 1 unspecified atom stereocenters. The zero-order chi connectivity index (χ0) is 15.6. The SMILES string of the molecule is C[C@@H]1CN(CCN2CC(CS(=O)(=O)F)CC2=O)C[C@H](C)O1. The third-order valence-electron chi connectivity index (χ3n) is 3.91. The summed E-state index contributed by atoms with van der Waals surface area (Å²) in [7, 11) is -4.51. The first kappa shape index (κ1) is 16.6. The lowest BCUT2D eigenvalue weighted by Crippen LogP contribution is -2.48. The van der Waals surface area contributed by atoms with E-state index in [0.29, 0.717) is 13.1 Å². The molecule has 6 nitrogen and oxygen atoms in total. The van der Waals surface area contributed by atoms with Crippen molar-refractivity contribution in [3.63, 3.8) is 0 Å². The Morgan fingerprint density at radius 1 is 1.19 bits per heavy atom. The summed E-state index contributed by atoms with van der Waals surface area (Å²) in [6, 6.07) is 0. The summed E-state index contributed by atoms with van der Waals surface area (Å²) >= 11 is 0. The van der Waals surface area contributed by atoms with Crippen LogP contribution in [0.4, 0.5) is 3.89 Å². The molecule has 0 aliphatic carbocycles. The molecule has 3 atom stereocenters. The van der Waals surface area contributed by atoms with E-state index in [-0.39, 0.29) is 24.5 Å². The van der Waals surface area contributed by atoms with Crippen LogP contribution in [-0.4, -0.2) is 74.8 Å². The van der Waals surface area contributed by atoms with Crippen molar-refractivity contribution in [1.82, 2.24) is 9.80 Å². The quantitative estimate of drug-likeness (QED) is 0.679. The van der Waals surface area contributed by atoms with Gasteiger partial charge in [0.05, 0.1) is 18.0 Å². The van der Waals surface area contributed by atoms with E-state index in [1.165, 1.54) is 0 Å². The van der Waals surface area contributed by atoms with E-state index in [4.69, 9.17) is 4.74 Å². The van der Waals surface area contributed by atoms with E-state index in [0.717, 1.165) is 19.6 Å². The Morgan fingerprint density at radius 3 is 2.38 bits per heavy atom. The van der Waals surface area contributed by atoms with Crippen molar-refractivity contribution in [2.24, 2.45) is 5.92 Å². The largest absolute Gasteiger partial charge is 0.373 e. The molecule has 0 saturated carbocycles. The minimum absolute atomic E-state index is 0.0852. The molecule has 2 rings (SSSR count). The number of hydrogen-bond donors (Lipinski definition) is 0. The Kier molecular flexibility index (Phi) is 5.21. The van der Waals surface area contributed by atoms with Gasteiger partial charge in [-0.05, 0) is 13.8 Å². The van der Waals surface area contributed by atoms with Gasteiger partial charge in [-0.25, -0.2) is 0 Å². The van der Waals surface area contributed by atoms with Crippen molar-refractivity contribution in [1.29, 1.82) is 0 Å². The van der Waals surface area contributed by atoms with Gasteiger partial charge in [0, 0.05) is 45.1 Å². The van der Waals surface area contributed by atoms with Gasteiger partial charge in [-0.3, -0.25) is 9.69 Å². The molecule has 2 fully saturated rings. The van der Waals surface area contributed by atoms with Crippen molar-refractivity contribution in [3.8, 4) is 0 Å². The maximum atomic E-state index is 12.7. The van der Waals surface area contributed by atoms with Crippen LogP contribution in [0.2, 0.25) is 0 Å². The zero-order valence-corrected chi connectivity index (χ0v) is 13.3. The van der Waals surface area contributed by atoms with E-state index in [1.54, 1.807) is 4.90 Å². The van der Waals surface area contributed by atoms with E-state index in [1.807, 2.05) is 13.8 Å². The molecule has 1 amide bonds.